The lowest BCUT2D eigenvalue weighted by Gasteiger charge is -2.13. The Kier molecular flexibility index (Phi) is 5.61. The van der Waals surface area contributed by atoms with Crippen LogP contribution in [0.15, 0.2) is 24.5 Å². The Morgan fingerprint density at radius 1 is 1.03 bits per heavy atom. The lowest BCUT2D eigenvalue weighted by atomic mass is 10.0. The molecule has 152 valence electrons. The Hall–Kier alpha value is -2.93. The molecule has 0 radical (unpaired) electrons. The molecule has 3 heterocycles. The Labute approximate surface area is 173 Å². The number of thiophene rings is 1. The maximum absolute atomic E-state index is 13.0. The molecule has 0 saturated heterocycles. The molecule has 0 spiro atoms. The van der Waals surface area contributed by atoms with Crippen molar-refractivity contribution in [2.24, 2.45) is 0 Å². The van der Waals surface area contributed by atoms with E-state index in [-0.39, 0.29) is 11.6 Å². The second kappa shape index (κ2) is 7.83. The van der Waals surface area contributed by atoms with Crippen LogP contribution in [0.25, 0.3) is 5.00 Å². The molecule has 0 amide bonds. The lowest BCUT2D eigenvalue weighted by Crippen LogP contribution is -2.26. The van der Waals surface area contributed by atoms with Gasteiger partial charge in [0, 0.05) is 28.5 Å². The van der Waals surface area contributed by atoms with Gasteiger partial charge in [0.05, 0.1) is 11.3 Å². The molecule has 1 atom stereocenters. The zero-order valence-corrected chi connectivity index (χ0v) is 18.2. The third-order valence-electron chi connectivity index (χ3n) is 5.10. The Morgan fingerprint density at radius 2 is 1.66 bits per heavy atom. The summed E-state index contributed by atoms with van der Waals surface area (Å²) in [5.41, 5.74) is 3.33. The van der Waals surface area contributed by atoms with Crippen LogP contribution in [0.4, 0.5) is 0 Å². The molecule has 0 aromatic carbocycles. The van der Waals surface area contributed by atoms with E-state index in [4.69, 9.17) is 4.74 Å². The highest BCUT2D eigenvalue weighted by atomic mass is 32.1. The highest BCUT2D eigenvalue weighted by molar-refractivity contribution is 7.15. The summed E-state index contributed by atoms with van der Waals surface area (Å²) in [4.78, 5) is 41.7. The third-order valence-corrected chi connectivity index (χ3v) is 6.32. The van der Waals surface area contributed by atoms with Crippen molar-refractivity contribution in [3.05, 3.63) is 63.0 Å². The topological polar surface area (TPSA) is 81.2 Å². The molecule has 0 aliphatic rings. The second-order valence-electron chi connectivity index (χ2n) is 7.15. The number of esters is 1. The van der Waals surface area contributed by atoms with Crippen LogP contribution in [0, 0.1) is 27.7 Å². The molecule has 0 saturated carbocycles. The molecule has 0 bridgehead atoms. The van der Waals surface area contributed by atoms with Crippen LogP contribution in [0.2, 0.25) is 0 Å². The smallest absolute Gasteiger partial charge is 0.342 e. The van der Waals surface area contributed by atoms with Crippen molar-refractivity contribution in [2.45, 2.75) is 47.6 Å². The van der Waals surface area contributed by atoms with Gasteiger partial charge >= 0.3 is 5.97 Å². The molecular formula is C22H24N2O4S. The molecule has 0 unspecified atom stereocenters. The number of Topliss-reactive ketones (excluding diaryl/α,β-unsaturated/α-hetero) is 2. The molecule has 0 aliphatic heterocycles. The minimum absolute atomic E-state index is 0.110. The van der Waals surface area contributed by atoms with Crippen LogP contribution in [0.1, 0.15) is 66.7 Å². The summed E-state index contributed by atoms with van der Waals surface area (Å²) in [7, 11) is 0. The van der Waals surface area contributed by atoms with E-state index in [1.54, 1.807) is 20.8 Å². The Morgan fingerprint density at radius 3 is 2.21 bits per heavy atom. The van der Waals surface area contributed by atoms with Crippen LogP contribution in [0.5, 0.6) is 0 Å². The van der Waals surface area contributed by atoms with E-state index in [0.29, 0.717) is 28.1 Å². The number of carbonyl (C=O) groups excluding carboxylic acids is 3. The zero-order valence-electron chi connectivity index (χ0n) is 17.4. The number of aromatic amines is 1. The van der Waals surface area contributed by atoms with Gasteiger partial charge in [-0.1, -0.05) is 0 Å². The number of carbonyl (C=O) groups is 3. The minimum atomic E-state index is -0.990. The standard InChI is InChI=1S/C22H24N2O4S/c1-11-16(6)29-21(24-9-7-8-10-24)18(11)22(27)28-15(5)20(26)19-12(2)17(14(4)25)13(3)23-19/h7-10,15,23H,1-6H3/t15-/m0/s1. The van der Waals surface area contributed by atoms with Gasteiger partial charge in [-0.05, 0) is 64.8 Å². The molecule has 3 aromatic heterocycles. The van der Waals surface area contributed by atoms with Gasteiger partial charge in [0.1, 0.15) is 5.00 Å². The Bertz CT molecular complexity index is 1100. The summed E-state index contributed by atoms with van der Waals surface area (Å²) >= 11 is 1.50. The van der Waals surface area contributed by atoms with Gasteiger partial charge < -0.3 is 14.3 Å². The predicted molar refractivity (Wildman–Crippen MR) is 113 cm³/mol. The molecule has 3 rings (SSSR count). The number of rotatable bonds is 6. The van der Waals surface area contributed by atoms with Gasteiger partial charge in [-0.3, -0.25) is 9.59 Å². The molecule has 29 heavy (non-hydrogen) atoms. The number of hydrogen-bond acceptors (Lipinski definition) is 5. The van der Waals surface area contributed by atoms with Crippen LogP contribution in [-0.4, -0.2) is 33.2 Å². The fourth-order valence-corrected chi connectivity index (χ4v) is 4.61. The van der Waals surface area contributed by atoms with Crippen LogP contribution >= 0.6 is 11.3 Å². The fourth-order valence-electron chi connectivity index (χ4n) is 3.50. The average molecular weight is 413 g/mol. The van der Waals surface area contributed by atoms with Crippen molar-refractivity contribution in [2.75, 3.05) is 0 Å². The SMILES string of the molecule is CC(=O)c1c(C)[nH]c(C(=O)[C@H](C)OC(=O)c2c(-n3cccc3)sc(C)c2C)c1C. The summed E-state index contributed by atoms with van der Waals surface area (Å²) < 4.78 is 7.42. The number of ether oxygens (including phenoxy) is 1. The van der Waals surface area contributed by atoms with E-state index >= 15 is 0 Å². The largest absolute Gasteiger partial charge is 0.451 e. The minimum Gasteiger partial charge on any atom is -0.451 e. The van der Waals surface area contributed by atoms with E-state index in [0.717, 1.165) is 15.4 Å². The van der Waals surface area contributed by atoms with Crippen molar-refractivity contribution < 1.29 is 19.1 Å². The summed E-state index contributed by atoms with van der Waals surface area (Å²) in [5.74, 6) is -1.01. The maximum Gasteiger partial charge on any atom is 0.342 e. The van der Waals surface area contributed by atoms with E-state index in [2.05, 4.69) is 4.98 Å². The number of H-pyrrole nitrogens is 1. The summed E-state index contributed by atoms with van der Waals surface area (Å²) in [5, 5.41) is 0.764. The van der Waals surface area contributed by atoms with Crippen molar-refractivity contribution in [3.8, 4) is 5.00 Å². The molecule has 1 N–H and O–H groups in total. The van der Waals surface area contributed by atoms with Gasteiger partial charge in [0.2, 0.25) is 5.78 Å². The number of nitrogens with one attached hydrogen (secondary N) is 1. The van der Waals surface area contributed by atoms with Gasteiger partial charge in [-0.15, -0.1) is 11.3 Å². The van der Waals surface area contributed by atoms with E-state index in [1.807, 2.05) is 42.9 Å². The fraction of sp³-hybridized carbons (Fsp3) is 0.318. The number of hydrogen-bond donors (Lipinski definition) is 1. The first-order valence-electron chi connectivity index (χ1n) is 9.32. The van der Waals surface area contributed by atoms with Crippen molar-refractivity contribution in [1.29, 1.82) is 0 Å². The van der Waals surface area contributed by atoms with E-state index < -0.39 is 12.1 Å². The molecular weight excluding hydrogens is 388 g/mol. The quantitative estimate of drug-likeness (QED) is 0.469. The van der Waals surface area contributed by atoms with Gasteiger partial charge in [0.15, 0.2) is 11.9 Å². The zero-order chi connectivity index (χ0) is 21.5. The van der Waals surface area contributed by atoms with Crippen molar-refractivity contribution in [3.63, 3.8) is 0 Å². The van der Waals surface area contributed by atoms with Gasteiger partial charge in [0.25, 0.3) is 0 Å². The predicted octanol–water partition coefficient (Wildman–Crippen LogP) is 4.73. The molecule has 3 aromatic rings. The third kappa shape index (κ3) is 3.70. The van der Waals surface area contributed by atoms with Crippen LogP contribution in [-0.2, 0) is 4.74 Å². The number of ketones is 2. The number of aromatic nitrogens is 2. The number of aryl methyl sites for hydroxylation is 2. The first-order chi connectivity index (χ1) is 13.6. The van der Waals surface area contributed by atoms with Crippen molar-refractivity contribution >= 4 is 28.9 Å². The van der Waals surface area contributed by atoms with Crippen LogP contribution in [0.3, 0.4) is 0 Å². The van der Waals surface area contributed by atoms with E-state index in [1.165, 1.54) is 18.3 Å². The number of nitrogens with zero attached hydrogens (tertiary/aromatic N) is 1. The molecule has 7 heteroatoms. The van der Waals surface area contributed by atoms with Gasteiger partial charge in [-0.25, -0.2) is 4.79 Å². The normalized spacial score (nSPS) is 12.1. The van der Waals surface area contributed by atoms with Crippen LogP contribution < -0.4 is 0 Å². The first kappa shape index (κ1) is 20.8. The summed E-state index contributed by atoms with van der Waals surface area (Å²) in [6.07, 6.45) is 2.74. The van der Waals surface area contributed by atoms with E-state index in [9.17, 15) is 14.4 Å². The van der Waals surface area contributed by atoms with Gasteiger partial charge in [-0.2, -0.15) is 0 Å². The summed E-state index contributed by atoms with van der Waals surface area (Å²) in [6, 6.07) is 3.77. The molecule has 0 fully saturated rings. The maximum atomic E-state index is 13.0. The first-order valence-corrected chi connectivity index (χ1v) is 10.1. The average Bonchev–Trinajstić information content (AvgIpc) is 3.34. The highest BCUT2D eigenvalue weighted by Crippen LogP contribution is 2.32. The highest BCUT2D eigenvalue weighted by Gasteiger charge is 2.29. The monoisotopic (exact) mass is 412 g/mol. The molecule has 6 nitrogen and oxygen atoms in total. The lowest BCUT2D eigenvalue weighted by molar-refractivity contribution is 0.0316. The summed E-state index contributed by atoms with van der Waals surface area (Å²) in [6.45, 7) is 10.3. The Balaban J connectivity index is 1.88. The van der Waals surface area contributed by atoms with Crippen molar-refractivity contribution in [1.82, 2.24) is 9.55 Å². The molecule has 0 aliphatic carbocycles. The second-order valence-corrected chi connectivity index (χ2v) is 8.35.